The predicted molar refractivity (Wildman–Crippen MR) is 46.7 cm³/mol. The van der Waals surface area contributed by atoms with Crippen molar-refractivity contribution in [1.82, 2.24) is 5.32 Å². The Balaban J connectivity index is 2.51. The number of aryl methyl sites for hydroxylation is 1. The summed E-state index contributed by atoms with van der Waals surface area (Å²) in [6.45, 7) is -0.198. The number of fused-ring (bicyclic) bond motifs is 1. The standard InChI is InChI=1S/C10H13N/c1-2-4-10-6-8-11-7-5-9(10)3-1/h1-4,11H,5-8H2/i5T2,7T. The minimum Gasteiger partial charge on any atom is -0.316 e. The zero-order valence-electron chi connectivity index (χ0n) is 9.30. The fraction of sp³-hybridized carbons (Fsp3) is 0.400. The van der Waals surface area contributed by atoms with Gasteiger partial charge in [0.05, 0.1) is 0 Å². The molecule has 0 aromatic heterocycles. The van der Waals surface area contributed by atoms with Crippen molar-refractivity contribution in [1.29, 1.82) is 0 Å². The van der Waals surface area contributed by atoms with Crippen LogP contribution in [-0.2, 0) is 12.8 Å². The molecule has 1 aliphatic rings. The largest absolute Gasteiger partial charge is 0.316 e. The Morgan fingerprint density at radius 2 is 2.09 bits per heavy atom. The molecule has 1 atom stereocenters. The fourth-order valence-electron chi connectivity index (χ4n) is 1.29. The third-order valence-electron chi connectivity index (χ3n) is 1.89. The molecule has 0 amide bonds. The second-order valence-electron chi connectivity index (χ2n) is 2.65. The Bertz CT molecular complexity index is 338. The van der Waals surface area contributed by atoms with Crippen LogP contribution in [0.25, 0.3) is 0 Å². The molecule has 1 N–H and O–H groups in total. The van der Waals surface area contributed by atoms with Gasteiger partial charge in [0.1, 0.15) is 0 Å². The second kappa shape index (κ2) is 3.05. The molecule has 0 radical (unpaired) electrons. The van der Waals surface area contributed by atoms with Crippen molar-refractivity contribution in [3.05, 3.63) is 35.4 Å². The molecule has 0 saturated carbocycles. The van der Waals surface area contributed by atoms with Crippen LogP contribution in [-0.4, -0.2) is 13.1 Å². The van der Waals surface area contributed by atoms with Gasteiger partial charge in [0.2, 0.25) is 0 Å². The van der Waals surface area contributed by atoms with E-state index in [1.54, 1.807) is 6.07 Å². The SMILES string of the molecule is [3H]C1NCCc2ccccc2C1([3H])[3H]. The van der Waals surface area contributed by atoms with Crippen molar-refractivity contribution in [2.45, 2.75) is 12.8 Å². The molecule has 0 spiro atoms. The Kier molecular flexibility index (Phi) is 1.18. The Hall–Kier alpha value is -0.820. The summed E-state index contributed by atoms with van der Waals surface area (Å²) in [5.41, 5.74) is 1.67. The van der Waals surface area contributed by atoms with Crippen LogP contribution in [0.15, 0.2) is 24.3 Å². The molecule has 1 heteroatoms. The van der Waals surface area contributed by atoms with Crippen LogP contribution in [0.4, 0.5) is 0 Å². The van der Waals surface area contributed by atoms with Crippen molar-refractivity contribution in [2.24, 2.45) is 0 Å². The summed E-state index contributed by atoms with van der Waals surface area (Å²) in [7, 11) is 0. The molecule has 0 fully saturated rings. The molecule has 58 valence electrons. The molecule has 2 rings (SSSR count). The minimum atomic E-state index is -1.59. The molecule has 1 heterocycles. The van der Waals surface area contributed by atoms with Crippen molar-refractivity contribution < 1.29 is 4.11 Å². The Morgan fingerprint density at radius 1 is 1.27 bits per heavy atom. The van der Waals surface area contributed by atoms with Crippen LogP contribution >= 0.6 is 0 Å². The van der Waals surface area contributed by atoms with Crippen molar-refractivity contribution in [3.63, 3.8) is 0 Å². The lowest BCUT2D eigenvalue weighted by Crippen LogP contribution is -2.16. The average Bonchev–Trinajstić information content (AvgIpc) is 2.27. The van der Waals surface area contributed by atoms with Gasteiger partial charge in [0, 0.05) is 4.11 Å². The molecular weight excluding hydrogens is 134 g/mol. The minimum absolute atomic E-state index is 0.657. The summed E-state index contributed by atoms with van der Waals surface area (Å²) >= 11 is 0. The highest BCUT2D eigenvalue weighted by atomic mass is 14.8. The van der Waals surface area contributed by atoms with Crippen molar-refractivity contribution in [2.75, 3.05) is 13.1 Å². The summed E-state index contributed by atoms with van der Waals surface area (Å²) < 4.78 is 23.4. The van der Waals surface area contributed by atoms with E-state index < -0.39 is 12.9 Å². The number of benzene rings is 1. The molecule has 0 aliphatic carbocycles. The van der Waals surface area contributed by atoms with Gasteiger partial charge in [0.25, 0.3) is 0 Å². The smallest absolute Gasteiger partial charge is 0.0431 e. The summed E-state index contributed by atoms with van der Waals surface area (Å²) in [4.78, 5) is 0. The van der Waals surface area contributed by atoms with Gasteiger partial charge in [-0.1, -0.05) is 24.3 Å². The maximum Gasteiger partial charge on any atom is 0.0431 e. The van der Waals surface area contributed by atoms with E-state index >= 15 is 0 Å². The van der Waals surface area contributed by atoms with Crippen LogP contribution in [0, 0.1) is 0 Å². The molecule has 1 aliphatic heterocycles. The van der Waals surface area contributed by atoms with Crippen molar-refractivity contribution in [3.8, 4) is 0 Å². The number of hydrogen-bond acceptors (Lipinski definition) is 1. The normalized spacial score (nSPS) is 32.4. The van der Waals surface area contributed by atoms with E-state index in [-0.39, 0.29) is 0 Å². The number of hydrogen-bond donors (Lipinski definition) is 1. The lowest BCUT2D eigenvalue weighted by atomic mass is 10.0. The highest BCUT2D eigenvalue weighted by Crippen LogP contribution is 2.11. The van der Waals surface area contributed by atoms with Gasteiger partial charge in [-0.05, 0) is 37.0 Å². The summed E-state index contributed by atoms with van der Waals surface area (Å²) in [6, 6.07) is 7.46. The summed E-state index contributed by atoms with van der Waals surface area (Å²) in [5.74, 6) is 0. The van der Waals surface area contributed by atoms with Crippen molar-refractivity contribution >= 4 is 0 Å². The van der Waals surface area contributed by atoms with Crippen LogP contribution in [0.5, 0.6) is 0 Å². The first-order chi connectivity index (χ1) is 6.62. The molecule has 1 aromatic rings. The van der Waals surface area contributed by atoms with E-state index in [4.69, 9.17) is 4.11 Å². The maximum atomic E-state index is 7.87. The molecule has 0 saturated heterocycles. The second-order valence-corrected chi connectivity index (χ2v) is 2.65. The van der Waals surface area contributed by atoms with Gasteiger partial charge >= 0.3 is 0 Å². The third kappa shape index (κ3) is 1.43. The maximum absolute atomic E-state index is 7.87. The summed E-state index contributed by atoms with van der Waals surface area (Å²) in [5, 5.41) is 2.87. The quantitative estimate of drug-likeness (QED) is 0.593. The topological polar surface area (TPSA) is 12.0 Å². The van der Waals surface area contributed by atoms with Crippen LogP contribution in [0.2, 0.25) is 0 Å². The third-order valence-corrected chi connectivity index (χ3v) is 1.89. The van der Waals surface area contributed by atoms with Gasteiger partial charge in [-0.3, -0.25) is 0 Å². The number of rotatable bonds is 0. The van der Waals surface area contributed by atoms with E-state index in [2.05, 4.69) is 5.32 Å². The molecule has 1 aromatic carbocycles. The Morgan fingerprint density at radius 3 is 3.00 bits per heavy atom. The Labute approximate surface area is 71.7 Å². The van der Waals surface area contributed by atoms with E-state index in [0.717, 1.165) is 12.0 Å². The van der Waals surface area contributed by atoms with Crippen LogP contribution in [0.3, 0.4) is 0 Å². The van der Waals surface area contributed by atoms with Gasteiger partial charge in [-0.15, -0.1) is 0 Å². The van der Waals surface area contributed by atoms with Crippen LogP contribution in [0.1, 0.15) is 15.2 Å². The zero-order valence-corrected chi connectivity index (χ0v) is 6.30. The first-order valence-electron chi connectivity index (χ1n) is 5.44. The first kappa shape index (κ1) is 4.27. The van der Waals surface area contributed by atoms with E-state index in [1.165, 1.54) is 0 Å². The number of nitrogens with one attached hydrogen (secondary N) is 1. The molecule has 1 nitrogen and oxygen atoms in total. The van der Waals surface area contributed by atoms with Gasteiger partial charge < -0.3 is 5.32 Å². The highest BCUT2D eigenvalue weighted by Gasteiger charge is 2.04. The molecule has 11 heavy (non-hydrogen) atoms. The highest BCUT2D eigenvalue weighted by molar-refractivity contribution is 5.28. The van der Waals surface area contributed by atoms with E-state index in [0.29, 0.717) is 12.1 Å². The van der Waals surface area contributed by atoms with Gasteiger partial charge in [-0.25, -0.2) is 0 Å². The monoisotopic (exact) mass is 153 g/mol. The lowest BCUT2D eigenvalue weighted by Gasteiger charge is -2.01. The fourth-order valence-corrected chi connectivity index (χ4v) is 1.29. The first-order valence-corrected chi connectivity index (χ1v) is 3.86. The molecular formula is C10H13N. The molecule has 0 bridgehead atoms. The summed E-state index contributed by atoms with van der Waals surface area (Å²) in [6.07, 6.45) is -0.793. The van der Waals surface area contributed by atoms with Gasteiger partial charge in [0.15, 0.2) is 0 Å². The zero-order chi connectivity index (χ0) is 10.2. The van der Waals surface area contributed by atoms with E-state index in [9.17, 15) is 0 Å². The predicted octanol–water partition coefficient (Wildman–Crippen LogP) is 1.37. The van der Waals surface area contributed by atoms with E-state index in [1.807, 2.05) is 18.2 Å². The lowest BCUT2D eigenvalue weighted by molar-refractivity contribution is 0.711. The molecule has 1 unspecified atom stereocenters. The van der Waals surface area contributed by atoms with Crippen LogP contribution < -0.4 is 5.32 Å². The average molecular weight is 153 g/mol. The van der Waals surface area contributed by atoms with Gasteiger partial charge in [-0.2, -0.15) is 0 Å².